The quantitative estimate of drug-likeness (QED) is 0.894. The smallest absolute Gasteiger partial charge is 0.137 e. The van der Waals surface area contributed by atoms with Crippen molar-refractivity contribution in [2.75, 3.05) is 11.9 Å². The van der Waals surface area contributed by atoms with Crippen molar-refractivity contribution in [1.29, 1.82) is 0 Å². The Morgan fingerprint density at radius 2 is 2.33 bits per heavy atom. The number of hydrogen-bond acceptors (Lipinski definition) is 2. The number of rotatable bonds is 2. The Labute approximate surface area is 96.9 Å². The van der Waals surface area contributed by atoms with E-state index in [1.54, 1.807) is 12.1 Å². The van der Waals surface area contributed by atoms with E-state index in [-0.39, 0.29) is 11.9 Å². The Morgan fingerprint density at radius 3 is 2.93 bits per heavy atom. The Morgan fingerprint density at radius 1 is 1.53 bits per heavy atom. The summed E-state index contributed by atoms with van der Waals surface area (Å²) in [6.45, 7) is 2.84. The summed E-state index contributed by atoms with van der Waals surface area (Å²) in [5, 5.41) is 3.34. The van der Waals surface area contributed by atoms with Gasteiger partial charge in [0.1, 0.15) is 5.82 Å². The van der Waals surface area contributed by atoms with E-state index in [4.69, 9.17) is 4.74 Å². The van der Waals surface area contributed by atoms with Gasteiger partial charge in [0.2, 0.25) is 0 Å². The van der Waals surface area contributed by atoms with Gasteiger partial charge in [-0.1, -0.05) is 0 Å². The van der Waals surface area contributed by atoms with Gasteiger partial charge in [-0.3, -0.25) is 0 Å². The topological polar surface area (TPSA) is 21.3 Å². The molecule has 0 aromatic heterocycles. The van der Waals surface area contributed by atoms with Crippen LogP contribution in [0.2, 0.25) is 0 Å². The monoisotopic (exact) mass is 273 g/mol. The fraction of sp³-hybridized carbons (Fsp3) is 0.455. The Hall–Kier alpha value is -0.610. The largest absolute Gasteiger partial charge is 0.380 e. The van der Waals surface area contributed by atoms with Gasteiger partial charge in [-0.15, -0.1) is 0 Å². The van der Waals surface area contributed by atoms with Gasteiger partial charge in [0, 0.05) is 12.3 Å². The first-order valence-corrected chi connectivity index (χ1v) is 5.79. The van der Waals surface area contributed by atoms with Gasteiger partial charge in [0.25, 0.3) is 0 Å². The molecule has 0 bridgehead atoms. The van der Waals surface area contributed by atoms with Crippen molar-refractivity contribution in [1.82, 2.24) is 0 Å². The second kappa shape index (κ2) is 4.49. The van der Waals surface area contributed by atoms with E-state index in [9.17, 15) is 4.39 Å². The zero-order valence-corrected chi connectivity index (χ0v) is 10.1. The van der Waals surface area contributed by atoms with E-state index in [1.807, 2.05) is 6.92 Å². The first-order chi connectivity index (χ1) is 7.16. The summed E-state index contributed by atoms with van der Waals surface area (Å²) in [6, 6.07) is 5.26. The number of anilines is 1. The molecule has 2 rings (SSSR count). The lowest BCUT2D eigenvalue weighted by atomic mass is 10.1. The van der Waals surface area contributed by atoms with Crippen LogP contribution in [-0.4, -0.2) is 18.8 Å². The van der Waals surface area contributed by atoms with E-state index in [1.165, 1.54) is 6.07 Å². The molecule has 0 aliphatic carbocycles. The molecule has 0 unspecified atom stereocenters. The van der Waals surface area contributed by atoms with Crippen molar-refractivity contribution in [2.24, 2.45) is 0 Å². The molecule has 15 heavy (non-hydrogen) atoms. The van der Waals surface area contributed by atoms with E-state index < -0.39 is 0 Å². The Kier molecular flexibility index (Phi) is 3.26. The van der Waals surface area contributed by atoms with Crippen molar-refractivity contribution >= 4 is 21.6 Å². The van der Waals surface area contributed by atoms with Crippen LogP contribution in [0.1, 0.15) is 13.3 Å². The highest BCUT2D eigenvalue weighted by Gasteiger charge is 2.23. The van der Waals surface area contributed by atoms with E-state index in [0.717, 1.165) is 18.7 Å². The van der Waals surface area contributed by atoms with Crippen molar-refractivity contribution in [2.45, 2.75) is 25.5 Å². The van der Waals surface area contributed by atoms with Crippen LogP contribution < -0.4 is 5.32 Å². The van der Waals surface area contributed by atoms with Crippen LogP contribution in [0.3, 0.4) is 0 Å². The molecule has 1 aromatic rings. The summed E-state index contributed by atoms with van der Waals surface area (Å²) in [5.41, 5.74) is 0.922. The van der Waals surface area contributed by atoms with Crippen LogP contribution in [0.4, 0.5) is 10.1 Å². The SMILES string of the molecule is C[C@@H]1OCC[C@@H]1Nc1ccc(F)c(Br)c1. The maximum atomic E-state index is 13.0. The van der Waals surface area contributed by atoms with Gasteiger partial charge in [-0.05, 0) is 47.5 Å². The van der Waals surface area contributed by atoms with E-state index >= 15 is 0 Å². The highest BCUT2D eigenvalue weighted by atomic mass is 79.9. The average Bonchev–Trinajstić information content (AvgIpc) is 2.59. The molecule has 1 fully saturated rings. The summed E-state index contributed by atoms with van der Waals surface area (Å²) in [4.78, 5) is 0. The molecule has 2 atom stereocenters. The Bertz CT molecular complexity index is 358. The molecule has 1 N–H and O–H groups in total. The Balaban J connectivity index is 2.07. The lowest BCUT2D eigenvalue weighted by molar-refractivity contribution is 0.121. The highest BCUT2D eigenvalue weighted by molar-refractivity contribution is 9.10. The van der Waals surface area contributed by atoms with Crippen LogP contribution in [0, 0.1) is 5.82 Å². The molecular formula is C11H13BrFNO. The number of benzene rings is 1. The second-order valence-electron chi connectivity index (χ2n) is 3.74. The van der Waals surface area contributed by atoms with Crippen molar-refractivity contribution < 1.29 is 9.13 Å². The zero-order chi connectivity index (χ0) is 10.8. The van der Waals surface area contributed by atoms with Gasteiger partial charge < -0.3 is 10.1 Å². The summed E-state index contributed by atoms with van der Waals surface area (Å²) in [6.07, 6.45) is 1.21. The molecule has 0 saturated carbocycles. The lowest BCUT2D eigenvalue weighted by Crippen LogP contribution is -2.26. The number of ether oxygens (including phenoxy) is 1. The third kappa shape index (κ3) is 2.49. The molecule has 0 spiro atoms. The van der Waals surface area contributed by atoms with Gasteiger partial charge in [0.05, 0.1) is 16.6 Å². The maximum absolute atomic E-state index is 13.0. The molecule has 1 aliphatic rings. The average molecular weight is 274 g/mol. The minimum Gasteiger partial charge on any atom is -0.380 e. The molecule has 1 aromatic carbocycles. The summed E-state index contributed by atoms with van der Waals surface area (Å²) in [7, 11) is 0. The third-order valence-corrected chi connectivity index (χ3v) is 3.26. The molecule has 2 nitrogen and oxygen atoms in total. The van der Waals surface area contributed by atoms with Gasteiger partial charge in [-0.2, -0.15) is 0 Å². The molecule has 1 aliphatic heterocycles. The van der Waals surface area contributed by atoms with Gasteiger partial charge in [0.15, 0.2) is 0 Å². The van der Waals surface area contributed by atoms with Crippen molar-refractivity contribution in [3.05, 3.63) is 28.5 Å². The molecule has 82 valence electrons. The van der Waals surface area contributed by atoms with E-state index in [2.05, 4.69) is 21.2 Å². The van der Waals surface area contributed by atoms with E-state index in [0.29, 0.717) is 10.5 Å². The normalized spacial score (nSPS) is 25.5. The molecule has 0 radical (unpaired) electrons. The standard InChI is InChI=1S/C11H13BrFNO/c1-7-11(4-5-15-7)14-8-2-3-10(13)9(12)6-8/h2-3,6-7,11,14H,4-5H2,1H3/t7-,11-/m0/s1. The molecule has 0 amide bonds. The number of halogens is 2. The molecule has 1 saturated heterocycles. The predicted molar refractivity (Wildman–Crippen MR) is 61.5 cm³/mol. The van der Waals surface area contributed by atoms with Crippen LogP contribution in [0.25, 0.3) is 0 Å². The maximum Gasteiger partial charge on any atom is 0.137 e. The van der Waals surface area contributed by atoms with Crippen LogP contribution in [0.15, 0.2) is 22.7 Å². The minimum absolute atomic E-state index is 0.217. The van der Waals surface area contributed by atoms with Crippen molar-refractivity contribution in [3.63, 3.8) is 0 Å². The van der Waals surface area contributed by atoms with Crippen LogP contribution in [-0.2, 0) is 4.74 Å². The van der Waals surface area contributed by atoms with Crippen LogP contribution in [0.5, 0.6) is 0 Å². The summed E-state index contributed by atoms with van der Waals surface area (Å²) < 4.78 is 18.9. The number of nitrogens with one attached hydrogen (secondary N) is 1. The van der Waals surface area contributed by atoms with Gasteiger partial charge in [-0.25, -0.2) is 4.39 Å². The predicted octanol–water partition coefficient (Wildman–Crippen LogP) is 3.18. The lowest BCUT2D eigenvalue weighted by Gasteiger charge is -2.17. The van der Waals surface area contributed by atoms with Gasteiger partial charge >= 0.3 is 0 Å². The second-order valence-corrected chi connectivity index (χ2v) is 4.60. The molecule has 1 heterocycles. The third-order valence-electron chi connectivity index (χ3n) is 2.65. The molecule has 4 heteroatoms. The fourth-order valence-corrected chi connectivity index (χ4v) is 2.10. The first-order valence-electron chi connectivity index (χ1n) is 5.00. The summed E-state index contributed by atoms with van der Waals surface area (Å²) >= 11 is 3.16. The highest BCUT2D eigenvalue weighted by Crippen LogP contribution is 2.23. The molecular weight excluding hydrogens is 261 g/mol. The zero-order valence-electron chi connectivity index (χ0n) is 8.47. The first kappa shape index (κ1) is 10.9. The number of hydrogen-bond donors (Lipinski definition) is 1. The summed E-state index contributed by atoms with van der Waals surface area (Å²) in [5.74, 6) is -0.240. The van der Waals surface area contributed by atoms with Crippen molar-refractivity contribution in [3.8, 4) is 0 Å². The minimum atomic E-state index is -0.240. The fourth-order valence-electron chi connectivity index (χ4n) is 1.72. The van der Waals surface area contributed by atoms with Crippen LogP contribution >= 0.6 is 15.9 Å².